The second-order valence-corrected chi connectivity index (χ2v) is 6.84. The molecule has 1 N–H and O–H groups in total. The molecule has 0 fully saturated rings. The van der Waals surface area contributed by atoms with Crippen molar-refractivity contribution in [2.45, 2.75) is 25.7 Å². The second-order valence-electron chi connectivity index (χ2n) is 5.92. The Kier molecular flexibility index (Phi) is 7.67. The van der Waals surface area contributed by atoms with Crippen LogP contribution in [0.4, 0.5) is 13.2 Å². The number of carbonyl (C=O) groups is 1. The topological polar surface area (TPSA) is 47.6 Å². The first-order valence-electron chi connectivity index (χ1n) is 8.16. The van der Waals surface area contributed by atoms with Crippen LogP contribution in [-0.2, 0) is 11.3 Å². The number of halogens is 4. The van der Waals surface area contributed by atoms with Crippen LogP contribution in [0.1, 0.15) is 22.8 Å². The van der Waals surface area contributed by atoms with Crippen molar-refractivity contribution < 1.29 is 27.4 Å². The average Bonchev–Trinajstić information content (AvgIpc) is 2.59. The number of alkyl halides is 3. The molecule has 0 aromatic heterocycles. The first-order valence-corrected chi connectivity index (χ1v) is 8.95. The lowest BCUT2D eigenvalue weighted by molar-refractivity contribution is -0.174. The maximum atomic E-state index is 12.4. The Hall–Kier alpha value is -2.06. The number of hydrogen-bond acceptors (Lipinski definition) is 3. The molecule has 0 aliphatic heterocycles. The Morgan fingerprint density at radius 1 is 1.19 bits per heavy atom. The number of amides is 1. The SMILES string of the molecule is CC(COCC(F)(F)F)NC(=O)c1ccccc1OCc1cccc(Br)c1. The zero-order valence-electron chi connectivity index (χ0n) is 14.6. The Bertz CT molecular complexity index is 768. The van der Waals surface area contributed by atoms with E-state index in [0.29, 0.717) is 11.3 Å². The predicted molar refractivity (Wildman–Crippen MR) is 98.7 cm³/mol. The molecule has 1 atom stereocenters. The molecule has 0 spiro atoms. The van der Waals surface area contributed by atoms with Crippen molar-refractivity contribution in [2.75, 3.05) is 13.2 Å². The maximum Gasteiger partial charge on any atom is 0.411 e. The Morgan fingerprint density at radius 3 is 2.63 bits per heavy atom. The summed E-state index contributed by atoms with van der Waals surface area (Å²) in [4.78, 5) is 12.4. The summed E-state index contributed by atoms with van der Waals surface area (Å²) in [5, 5.41) is 2.61. The maximum absolute atomic E-state index is 12.4. The summed E-state index contributed by atoms with van der Waals surface area (Å²) in [6.07, 6.45) is -4.39. The lowest BCUT2D eigenvalue weighted by Gasteiger charge is -2.17. The van der Waals surface area contributed by atoms with E-state index in [1.807, 2.05) is 24.3 Å². The van der Waals surface area contributed by atoms with E-state index in [9.17, 15) is 18.0 Å². The highest BCUT2D eigenvalue weighted by molar-refractivity contribution is 9.10. The van der Waals surface area contributed by atoms with Crippen LogP contribution < -0.4 is 10.1 Å². The van der Waals surface area contributed by atoms with Crippen molar-refractivity contribution >= 4 is 21.8 Å². The number of nitrogens with one attached hydrogen (secondary N) is 1. The molecule has 0 heterocycles. The van der Waals surface area contributed by atoms with Gasteiger partial charge in [-0.3, -0.25) is 4.79 Å². The van der Waals surface area contributed by atoms with Gasteiger partial charge in [0.05, 0.1) is 12.2 Å². The summed E-state index contributed by atoms with van der Waals surface area (Å²) in [5.41, 5.74) is 1.23. The largest absolute Gasteiger partial charge is 0.488 e. The third-order valence-electron chi connectivity index (χ3n) is 3.43. The van der Waals surface area contributed by atoms with Crippen LogP contribution in [0.2, 0.25) is 0 Å². The summed E-state index contributed by atoms with van der Waals surface area (Å²) >= 11 is 3.38. The number of carbonyl (C=O) groups excluding carboxylic acids is 1. The molecule has 0 saturated heterocycles. The predicted octanol–water partition coefficient (Wildman–Crippen LogP) is 4.73. The van der Waals surface area contributed by atoms with E-state index in [0.717, 1.165) is 10.0 Å². The number of ether oxygens (including phenoxy) is 2. The highest BCUT2D eigenvalue weighted by Crippen LogP contribution is 2.21. The van der Waals surface area contributed by atoms with Crippen LogP contribution in [0.3, 0.4) is 0 Å². The first-order chi connectivity index (χ1) is 12.7. The van der Waals surface area contributed by atoms with Crippen molar-refractivity contribution in [1.82, 2.24) is 5.32 Å². The lowest BCUT2D eigenvalue weighted by atomic mass is 10.1. The molecular weight excluding hydrogens is 427 g/mol. The van der Waals surface area contributed by atoms with Gasteiger partial charge in [-0.2, -0.15) is 13.2 Å². The Labute approximate surface area is 163 Å². The molecule has 0 radical (unpaired) electrons. The highest BCUT2D eigenvalue weighted by Gasteiger charge is 2.27. The second kappa shape index (κ2) is 9.75. The normalized spacial score (nSPS) is 12.5. The zero-order chi connectivity index (χ0) is 19.9. The van der Waals surface area contributed by atoms with Crippen LogP contribution in [0, 0.1) is 0 Å². The average molecular weight is 446 g/mol. The molecular formula is C19H19BrF3NO3. The smallest absolute Gasteiger partial charge is 0.411 e. The molecule has 8 heteroatoms. The third-order valence-corrected chi connectivity index (χ3v) is 3.92. The van der Waals surface area contributed by atoms with E-state index in [1.54, 1.807) is 31.2 Å². The van der Waals surface area contributed by atoms with Crippen molar-refractivity contribution in [3.05, 3.63) is 64.1 Å². The van der Waals surface area contributed by atoms with Crippen LogP contribution in [-0.4, -0.2) is 31.3 Å². The molecule has 2 rings (SSSR count). The van der Waals surface area contributed by atoms with Crippen molar-refractivity contribution in [3.8, 4) is 5.75 Å². The van der Waals surface area contributed by atoms with Gasteiger partial charge in [0.2, 0.25) is 0 Å². The molecule has 2 aromatic rings. The number of rotatable bonds is 8. The highest BCUT2D eigenvalue weighted by atomic mass is 79.9. The van der Waals surface area contributed by atoms with Crippen LogP contribution in [0.25, 0.3) is 0 Å². The zero-order valence-corrected chi connectivity index (χ0v) is 16.1. The fraction of sp³-hybridized carbons (Fsp3) is 0.316. The van der Waals surface area contributed by atoms with Gasteiger partial charge in [-0.25, -0.2) is 0 Å². The van der Waals surface area contributed by atoms with Gasteiger partial charge in [-0.05, 0) is 36.8 Å². The van der Waals surface area contributed by atoms with Crippen LogP contribution >= 0.6 is 15.9 Å². The Morgan fingerprint density at radius 2 is 1.93 bits per heavy atom. The number of para-hydroxylation sites is 1. The van der Waals surface area contributed by atoms with Gasteiger partial charge in [0.25, 0.3) is 5.91 Å². The minimum absolute atomic E-state index is 0.244. The van der Waals surface area contributed by atoms with Crippen molar-refractivity contribution in [2.24, 2.45) is 0 Å². The van der Waals surface area contributed by atoms with E-state index in [2.05, 4.69) is 26.0 Å². The van der Waals surface area contributed by atoms with E-state index >= 15 is 0 Å². The van der Waals surface area contributed by atoms with Gasteiger partial charge >= 0.3 is 6.18 Å². The molecule has 2 aromatic carbocycles. The monoisotopic (exact) mass is 445 g/mol. The van der Waals surface area contributed by atoms with E-state index in [-0.39, 0.29) is 13.2 Å². The van der Waals surface area contributed by atoms with E-state index in [1.165, 1.54) is 0 Å². The van der Waals surface area contributed by atoms with Gasteiger partial charge in [0.1, 0.15) is 19.0 Å². The Balaban J connectivity index is 1.94. The first kappa shape index (κ1) is 21.2. The fourth-order valence-electron chi connectivity index (χ4n) is 2.26. The van der Waals surface area contributed by atoms with Gasteiger partial charge in [-0.1, -0.05) is 40.2 Å². The lowest BCUT2D eigenvalue weighted by Crippen LogP contribution is -2.37. The molecule has 27 heavy (non-hydrogen) atoms. The molecule has 0 saturated carbocycles. The summed E-state index contributed by atoms with van der Waals surface area (Å²) in [6, 6.07) is 13.7. The molecule has 146 valence electrons. The minimum atomic E-state index is -4.39. The van der Waals surface area contributed by atoms with Gasteiger partial charge in [-0.15, -0.1) is 0 Å². The van der Waals surface area contributed by atoms with Gasteiger partial charge in [0.15, 0.2) is 0 Å². The quantitative estimate of drug-likeness (QED) is 0.638. The van der Waals surface area contributed by atoms with E-state index in [4.69, 9.17) is 4.74 Å². The standard InChI is InChI=1S/C19H19BrF3NO3/c1-13(10-26-12-19(21,22)23)24-18(25)16-7-2-3-8-17(16)27-11-14-5-4-6-15(20)9-14/h2-9,13H,10-12H2,1H3,(H,24,25). The van der Waals surface area contributed by atoms with E-state index < -0.39 is 24.7 Å². The van der Waals surface area contributed by atoms with Crippen molar-refractivity contribution in [1.29, 1.82) is 0 Å². The minimum Gasteiger partial charge on any atom is -0.488 e. The summed E-state index contributed by atoms with van der Waals surface area (Å²) in [6.45, 7) is 0.249. The summed E-state index contributed by atoms with van der Waals surface area (Å²) < 4.78 is 47.5. The van der Waals surface area contributed by atoms with Crippen LogP contribution in [0.5, 0.6) is 5.75 Å². The molecule has 4 nitrogen and oxygen atoms in total. The molecule has 0 aliphatic rings. The van der Waals surface area contributed by atoms with Gasteiger partial charge in [0, 0.05) is 10.5 Å². The van der Waals surface area contributed by atoms with Crippen LogP contribution in [0.15, 0.2) is 53.0 Å². The molecule has 0 bridgehead atoms. The van der Waals surface area contributed by atoms with Gasteiger partial charge < -0.3 is 14.8 Å². The third kappa shape index (κ3) is 7.60. The number of benzene rings is 2. The molecule has 1 amide bonds. The fourth-order valence-corrected chi connectivity index (χ4v) is 2.71. The van der Waals surface area contributed by atoms with Crippen molar-refractivity contribution in [3.63, 3.8) is 0 Å². The summed E-state index contributed by atoms with van der Waals surface area (Å²) in [5.74, 6) is -0.0543. The molecule has 0 aliphatic carbocycles. The summed E-state index contributed by atoms with van der Waals surface area (Å²) in [7, 11) is 0. The molecule has 1 unspecified atom stereocenters. The number of hydrogen-bond donors (Lipinski definition) is 1.